The van der Waals surface area contributed by atoms with Crippen molar-refractivity contribution in [2.45, 2.75) is 10.7 Å². The van der Waals surface area contributed by atoms with Gasteiger partial charge in [0.05, 0.1) is 11.3 Å². The molecule has 8 heteroatoms. The van der Waals surface area contributed by atoms with Crippen LogP contribution in [-0.4, -0.2) is 38.4 Å². The zero-order chi connectivity index (χ0) is 16.7. The van der Waals surface area contributed by atoms with Gasteiger partial charge in [0.1, 0.15) is 5.82 Å². The number of rotatable bonds is 2. The number of fused-ring (bicyclic) bond motifs is 3. The number of aromatic nitrogens is 3. The lowest BCUT2D eigenvalue weighted by molar-refractivity contribution is 0.0933. The van der Waals surface area contributed by atoms with Gasteiger partial charge >= 0.3 is 0 Å². The summed E-state index contributed by atoms with van der Waals surface area (Å²) in [5.74, 6) is 0.568. The van der Waals surface area contributed by atoms with Gasteiger partial charge in [-0.2, -0.15) is 0 Å². The van der Waals surface area contributed by atoms with Gasteiger partial charge in [-0.1, -0.05) is 23.5 Å². The maximum absolute atomic E-state index is 13.4. The van der Waals surface area contributed by atoms with Crippen molar-refractivity contribution >= 4 is 40.3 Å². The van der Waals surface area contributed by atoms with E-state index in [4.69, 9.17) is 0 Å². The second-order valence-corrected chi connectivity index (χ2v) is 6.71. The summed E-state index contributed by atoms with van der Waals surface area (Å²) >= 11 is 2.92. The third kappa shape index (κ3) is 1.96. The molecule has 4 heterocycles. The standard InChI is InChI=1S/C16H13N5OS2/c1-23-14-18-8-5-11(20-14)16-6-9-19-15(24-2)21(16)13-10(12(16)22)4-3-7-17-13/h3-9H,1-2H3. The molecule has 0 N–H and O–H groups in total. The Bertz CT molecular complexity index is 898. The summed E-state index contributed by atoms with van der Waals surface area (Å²) in [7, 11) is 0. The smallest absolute Gasteiger partial charge is 0.202 e. The highest BCUT2D eigenvalue weighted by molar-refractivity contribution is 8.13. The third-order valence-electron chi connectivity index (χ3n) is 4.02. The Kier molecular flexibility index (Phi) is 3.65. The van der Waals surface area contributed by atoms with Gasteiger partial charge in [-0.3, -0.25) is 9.69 Å². The molecule has 6 nitrogen and oxygen atoms in total. The highest BCUT2D eigenvalue weighted by Crippen LogP contribution is 2.47. The first-order valence-electron chi connectivity index (χ1n) is 7.19. The fourth-order valence-electron chi connectivity index (χ4n) is 3.00. The zero-order valence-corrected chi connectivity index (χ0v) is 14.6. The lowest BCUT2D eigenvalue weighted by Crippen LogP contribution is -2.50. The number of hydrogen-bond donors (Lipinski definition) is 0. The lowest BCUT2D eigenvalue weighted by Gasteiger charge is -2.36. The minimum absolute atomic E-state index is 0.0472. The van der Waals surface area contributed by atoms with Crippen molar-refractivity contribution in [3.05, 3.63) is 54.1 Å². The predicted molar refractivity (Wildman–Crippen MR) is 96.6 cm³/mol. The molecule has 0 amide bonds. The molecule has 0 aromatic carbocycles. The SMILES string of the molecule is CSC1=NC=CC2(c3ccnc(SC)n3)C(=O)c3cccnc3N12. The van der Waals surface area contributed by atoms with Crippen LogP contribution in [0.4, 0.5) is 5.82 Å². The van der Waals surface area contributed by atoms with Crippen molar-refractivity contribution in [3.63, 3.8) is 0 Å². The minimum atomic E-state index is -1.05. The number of aliphatic imine (C=N–C) groups is 1. The van der Waals surface area contributed by atoms with Crippen LogP contribution in [0, 0.1) is 0 Å². The van der Waals surface area contributed by atoms with Crippen LogP contribution in [0.25, 0.3) is 0 Å². The molecule has 0 aliphatic carbocycles. The van der Waals surface area contributed by atoms with Crippen LogP contribution in [0.3, 0.4) is 0 Å². The largest absolute Gasteiger partial charge is 0.290 e. The van der Waals surface area contributed by atoms with E-state index < -0.39 is 5.54 Å². The Morgan fingerprint density at radius 3 is 2.79 bits per heavy atom. The third-order valence-corrected chi connectivity index (χ3v) is 5.24. The van der Waals surface area contributed by atoms with E-state index in [2.05, 4.69) is 19.9 Å². The van der Waals surface area contributed by atoms with Gasteiger partial charge in [0.2, 0.25) is 5.78 Å². The van der Waals surface area contributed by atoms with Crippen LogP contribution in [-0.2, 0) is 5.54 Å². The number of thioether (sulfide) groups is 2. The minimum Gasteiger partial charge on any atom is -0.290 e. The van der Waals surface area contributed by atoms with E-state index in [1.165, 1.54) is 23.5 Å². The molecular weight excluding hydrogens is 342 g/mol. The van der Waals surface area contributed by atoms with Crippen molar-refractivity contribution < 1.29 is 4.79 Å². The first-order valence-corrected chi connectivity index (χ1v) is 9.64. The monoisotopic (exact) mass is 355 g/mol. The molecular formula is C16H13N5OS2. The molecule has 1 atom stereocenters. The van der Waals surface area contributed by atoms with Gasteiger partial charge in [0.15, 0.2) is 15.9 Å². The summed E-state index contributed by atoms with van der Waals surface area (Å²) in [6.45, 7) is 0. The Hall–Kier alpha value is -2.19. The second kappa shape index (κ2) is 5.71. The van der Waals surface area contributed by atoms with Gasteiger partial charge in [-0.25, -0.2) is 19.9 Å². The molecule has 0 fully saturated rings. The first kappa shape index (κ1) is 15.3. The maximum Gasteiger partial charge on any atom is 0.202 e. The van der Waals surface area contributed by atoms with E-state index in [9.17, 15) is 4.79 Å². The molecule has 1 unspecified atom stereocenters. The fraction of sp³-hybridized carbons (Fsp3) is 0.188. The van der Waals surface area contributed by atoms with Crippen molar-refractivity contribution in [1.29, 1.82) is 0 Å². The number of hydrogen-bond acceptors (Lipinski definition) is 8. The number of carbonyl (C=O) groups is 1. The van der Waals surface area contributed by atoms with Crippen molar-refractivity contribution in [2.24, 2.45) is 4.99 Å². The summed E-state index contributed by atoms with van der Waals surface area (Å²) in [5, 5.41) is 1.34. The molecule has 24 heavy (non-hydrogen) atoms. The Labute approximate surface area is 147 Å². The van der Waals surface area contributed by atoms with Crippen LogP contribution in [0.1, 0.15) is 16.1 Å². The van der Waals surface area contributed by atoms with Gasteiger partial charge in [0, 0.05) is 18.6 Å². The van der Waals surface area contributed by atoms with Gasteiger partial charge in [-0.15, -0.1) is 0 Å². The zero-order valence-electron chi connectivity index (χ0n) is 13.0. The van der Waals surface area contributed by atoms with E-state index in [1.807, 2.05) is 17.4 Å². The Morgan fingerprint density at radius 2 is 2.00 bits per heavy atom. The number of anilines is 1. The molecule has 0 saturated heterocycles. The normalized spacial score (nSPS) is 21.5. The van der Waals surface area contributed by atoms with Gasteiger partial charge in [0.25, 0.3) is 0 Å². The fourth-order valence-corrected chi connectivity index (χ4v) is 3.93. The molecule has 120 valence electrons. The molecule has 0 radical (unpaired) electrons. The van der Waals surface area contributed by atoms with Crippen molar-refractivity contribution in [3.8, 4) is 0 Å². The molecule has 0 spiro atoms. The van der Waals surface area contributed by atoms with E-state index in [0.717, 1.165) is 0 Å². The molecule has 0 bridgehead atoms. The summed E-state index contributed by atoms with van der Waals surface area (Å²) in [4.78, 5) is 32.9. The second-order valence-electron chi connectivity index (χ2n) is 5.17. The highest BCUT2D eigenvalue weighted by Gasteiger charge is 2.55. The number of amidine groups is 1. The molecule has 2 aliphatic heterocycles. The average molecular weight is 355 g/mol. The Balaban J connectivity index is 2.00. The van der Waals surface area contributed by atoms with E-state index >= 15 is 0 Å². The molecule has 0 saturated carbocycles. The van der Waals surface area contributed by atoms with Gasteiger partial charge < -0.3 is 0 Å². The molecule has 2 aromatic heterocycles. The van der Waals surface area contributed by atoms with Crippen molar-refractivity contribution in [1.82, 2.24) is 15.0 Å². The summed E-state index contributed by atoms with van der Waals surface area (Å²) in [6, 6.07) is 5.35. The predicted octanol–water partition coefficient (Wildman–Crippen LogP) is 2.74. The number of nitrogens with zero attached hydrogens (tertiary/aromatic N) is 5. The van der Waals surface area contributed by atoms with E-state index in [0.29, 0.717) is 27.4 Å². The quantitative estimate of drug-likeness (QED) is 0.606. The van der Waals surface area contributed by atoms with Crippen LogP contribution >= 0.6 is 23.5 Å². The van der Waals surface area contributed by atoms with Crippen LogP contribution in [0.2, 0.25) is 0 Å². The van der Waals surface area contributed by atoms with E-state index in [-0.39, 0.29) is 5.78 Å². The van der Waals surface area contributed by atoms with E-state index in [1.54, 1.807) is 42.9 Å². The molecule has 2 aliphatic rings. The summed E-state index contributed by atoms with van der Waals surface area (Å²) in [5.41, 5.74) is 0.155. The van der Waals surface area contributed by atoms with Crippen molar-refractivity contribution in [2.75, 3.05) is 17.4 Å². The number of carbonyl (C=O) groups excluding carboxylic acids is 1. The first-order chi connectivity index (χ1) is 11.7. The Morgan fingerprint density at radius 1 is 1.12 bits per heavy atom. The number of pyridine rings is 1. The summed E-state index contributed by atoms with van der Waals surface area (Å²) < 4.78 is 0. The summed E-state index contributed by atoms with van der Waals surface area (Å²) in [6.07, 6.45) is 10.7. The number of Topliss-reactive ketones (excluding diaryl/α,β-unsaturated/α-hetero) is 1. The number of ketones is 1. The topological polar surface area (TPSA) is 71.3 Å². The van der Waals surface area contributed by atoms with Crippen LogP contribution in [0.5, 0.6) is 0 Å². The van der Waals surface area contributed by atoms with Crippen LogP contribution < -0.4 is 4.90 Å². The van der Waals surface area contributed by atoms with Crippen LogP contribution in [0.15, 0.2) is 53.0 Å². The molecule has 4 rings (SSSR count). The maximum atomic E-state index is 13.4. The van der Waals surface area contributed by atoms with Gasteiger partial charge in [-0.05, 0) is 36.8 Å². The average Bonchev–Trinajstić information content (AvgIpc) is 2.92. The highest BCUT2D eigenvalue weighted by atomic mass is 32.2. The molecule has 2 aromatic rings. The lowest BCUT2D eigenvalue weighted by atomic mass is 9.88.